The van der Waals surface area contributed by atoms with Gasteiger partial charge in [0.25, 0.3) is 5.91 Å². The summed E-state index contributed by atoms with van der Waals surface area (Å²) in [5, 5.41) is 2.96. The van der Waals surface area contributed by atoms with E-state index in [4.69, 9.17) is 4.74 Å². The molecule has 4 aromatic rings. The Morgan fingerprint density at radius 1 is 0.743 bits per heavy atom. The zero-order valence-electron chi connectivity index (χ0n) is 19.7. The van der Waals surface area contributed by atoms with Gasteiger partial charge in [0.05, 0.1) is 20.1 Å². The number of methoxy groups -OCH3 is 1. The summed E-state index contributed by atoms with van der Waals surface area (Å²) in [6.07, 6.45) is 0.229. The molecule has 2 amide bonds. The van der Waals surface area contributed by atoms with Gasteiger partial charge in [-0.25, -0.2) is 0 Å². The van der Waals surface area contributed by atoms with E-state index in [0.29, 0.717) is 24.4 Å². The van der Waals surface area contributed by atoms with E-state index in [0.717, 1.165) is 22.4 Å². The van der Waals surface area contributed by atoms with Gasteiger partial charge in [0, 0.05) is 17.8 Å². The molecule has 0 aliphatic rings. The average Bonchev–Trinajstić information content (AvgIpc) is 2.91. The maximum absolute atomic E-state index is 13.6. The number of amides is 2. The number of nitrogens with one attached hydrogen (secondary N) is 1. The molecule has 176 valence electrons. The molecular weight excluding hydrogens is 436 g/mol. The van der Waals surface area contributed by atoms with Crippen LogP contribution in [0.5, 0.6) is 5.75 Å². The van der Waals surface area contributed by atoms with Crippen molar-refractivity contribution in [1.29, 1.82) is 0 Å². The minimum absolute atomic E-state index is 0.0697. The van der Waals surface area contributed by atoms with Crippen molar-refractivity contribution in [3.05, 3.63) is 131 Å². The van der Waals surface area contributed by atoms with Gasteiger partial charge in [-0.1, -0.05) is 78.9 Å². The number of benzene rings is 4. The summed E-state index contributed by atoms with van der Waals surface area (Å²) in [4.78, 5) is 27.9. The van der Waals surface area contributed by atoms with Gasteiger partial charge in [-0.05, 0) is 47.0 Å². The van der Waals surface area contributed by atoms with Crippen molar-refractivity contribution in [3.63, 3.8) is 0 Å². The van der Waals surface area contributed by atoms with Gasteiger partial charge in [-0.2, -0.15) is 0 Å². The molecule has 0 radical (unpaired) electrons. The first kappa shape index (κ1) is 23.8. The highest BCUT2D eigenvalue weighted by Crippen LogP contribution is 2.23. The van der Waals surface area contributed by atoms with Crippen molar-refractivity contribution in [3.8, 4) is 5.75 Å². The van der Waals surface area contributed by atoms with Crippen LogP contribution in [0.15, 0.2) is 109 Å². The third kappa shape index (κ3) is 6.58. The predicted molar refractivity (Wildman–Crippen MR) is 138 cm³/mol. The number of ether oxygens (including phenoxy) is 1. The first-order valence-corrected chi connectivity index (χ1v) is 11.5. The number of nitrogens with zero attached hydrogens (tertiary/aromatic N) is 1. The van der Waals surface area contributed by atoms with Crippen LogP contribution in [0, 0.1) is 0 Å². The molecule has 0 saturated heterocycles. The summed E-state index contributed by atoms with van der Waals surface area (Å²) in [6.45, 7) is 0.883. The average molecular weight is 465 g/mol. The fourth-order valence-electron chi connectivity index (χ4n) is 3.84. The van der Waals surface area contributed by atoms with E-state index in [9.17, 15) is 9.59 Å². The van der Waals surface area contributed by atoms with E-state index >= 15 is 0 Å². The molecule has 0 aliphatic carbocycles. The fraction of sp³-hybridized carbons (Fsp3) is 0.133. The molecule has 0 aliphatic heterocycles. The fourth-order valence-corrected chi connectivity index (χ4v) is 3.84. The molecule has 35 heavy (non-hydrogen) atoms. The van der Waals surface area contributed by atoms with E-state index in [1.165, 1.54) is 0 Å². The summed E-state index contributed by atoms with van der Waals surface area (Å²) < 4.78 is 5.31. The van der Waals surface area contributed by atoms with Crippen LogP contribution in [0.25, 0.3) is 0 Å². The smallest absolute Gasteiger partial charge is 0.258 e. The van der Waals surface area contributed by atoms with Gasteiger partial charge < -0.3 is 15.0 Å². The van der Waals surface area contributed by atoms with Crippen LogP contribution in [0.3, 0.4) is 0 Å². The van der Waals surface area contributed by atoms with E-state index in [1.54, 1.807) is 30.2 Å². The molecule has 0 saturated carbocycles. The second-order valence-electron chi connectivity index (χ2n) is 8.22. The SMILES string of the molecule is COc1cccc(C(=O)N(Cc2ccccc2)c2cccc(CC(=O)NCc3ccccc3)c2)c1. The molecule has 0 bridgehead atoms. The summed E-state index contributed by atoms with van der Waals surface area (Å²) in [7, 11) is 1.58. The maximum atomic E-state index is 13.6. The summed E-state index contributed by atoms with van der Waals surface area (Å²) >= 11 is 0. The Labute approximate surface area is 206 Å². The third-order valence-corrected chi connectivity index (χ3v) is 5.66. The number of hydrogen-bond donors (Lipinski definition) is 1. The normalized spacial score (nSPS) is 10.4. The van der Waals surface area contributed by atoms with Crippen LogP contribution in [0.1, 0.15) is 27.0 Å². The third-order valence-electron chi connectivity index (χ3n) is 5.66. The molecule has 4 aromatic carbocycles. The Bertz CT molecular complexity index is 1270. The molecule has 0 fully saturated rings. The lowest BCUT2D eigenvalue weighted by atomic mass is 10.1. The Hall–Kier alpha value is -4.38. The lowest BCUT2D eigenvalue weighted by molar-refractivity contribution is -0.120. The highest BCUT2D eigenvalue weighted by atomic mass is 16.5. The van der Waals surface area contributed by atoms with E-state index < -0.39 is 0 Å². The van der Waals surface area contributed by atoms with Gasteiger partial charge in [0.2, 0.25) is 5.91 Å². The van der Waals surface area contributed by atoms with Crippen molar-refractivity contribution >= 4 is 17.5 Å². The van der Waals surface area contributed by atoms with E-state index in [2.05, 4.69) is 5.32 Å². The Kier molecular flexibility index (Phi) is 7.92. The molecule has 0 aromatic heterocycles. The molecule has 0 unspecified atom stereocenters. The Morgan fingerprint density at radius 3 is 2.11 bits per heavy atom. The van der Waals surface area contributed by atoms with Gasteiger partial charge in [0.15, 0.2) is 0 Å². The lowest BCUT2D eigenvalue weighted by Gasteiger charge is -2.24. The molecule has 4 rings (SSSR count). The van der Waals surface area contributed by atoms with Crippen molar-refractivity contribution < 1.29 is 14.3 Å². The largest absolute Gasteiger partial charge is 0.497 e. The van der Waals surface area contributed by atoms with Crippen molar-refractivity contribution in [2.75, 3.05) is 12.0 Å². The second-order valence-corrected chi connectivity index (χ2v) is 8.22. The van der Waals surface area contributed by atoms with Crippen LogP contribution in [0.2, 0.25) is 0 Å². The first-order chi connectivity index (χ1) is 17.1. The second kappa shape index (κ2) is 11.7. The molecule has 0 spiro atoms. The number of hydrogen-bond acceptors (Lipinski definition) is 3. The number of carbonyl (C=O) groups excluding carboxylic acids is 2. The molecule has 1 N–H and O–H groups in total. The monoisotopic (exact) mass is 464 g/mol. The predicted octanol–water partition coefficient (Wildman–Crippen LogP) is 5.40. The lowest BCUT2D eigenvalue weighted by Crippen LogP contribution is -2.30. The highest BCUT2D eigenvalue weighted by molar-refractivity contribution is 6.06. The topological polar surface area (TPSA) is 58.6 Å². The molecular formula is C30H28N2O3. The minimum atomic E-state index is -0.140. The van der Waals surface area contributed by atoms with Gasteiger partial charge >= 0.3 is 0 Å². The van der Waals surface area contributed by atoms with Crippen LogP contribution in [-0.2, 0) is 24.3 Å². The van der Waals surface area contributed by atoms with Crippen molar-refractivity contribution in [2.24, 2.45) is 0 Å². The maximum Gasteiger partial charge on any atom is 0.258 e. The van der Waals surface area contributed by atoms with Crippen LogP contribution >= 0.6 is 0 Å². The van der Waals surface area contributed by atoms with E-state index in [-0.39, 0.29) is 18.2 Å². The van der Waals surface area contributed by atoms with Crippen molar-refractivity contribution in [2.45, 2.75) is 19.5 Å². The van der Waals surface area contributed by atoms with Gasteiger partial charge in [-0.15, -0.1) is 0 Å². The van der Waals surface area contributed by atoms with Crippen LogP contribution in [-0.4, -0.2) is 18.9 Å². The van der Waals surface area contributed by atoms with Crippen LogP contribution < -0.4 is 15.0 Å². The summed E-state index contributed by atoms with van der Waals surface area (Å²) in [6, 6.07) is 34.4. The zero-order valence-corrected chi connectivity index (χ0v) is 19.7. The van der Waals surface area contributed by atoms with Gasteiger partial charge in [-0.3, -0.25) is 9.59 Å². The number of rotatable bonds is 9. The molecule has 5 nitrogen and oxygen atoms in total. The Balaban J connectivity index is 1.55. The van der Waals surface area contributed by atoms with Crippen molar-refractivity contribution in [1.82, 2.24) is 5.32 Å². The molecule has 5 heteroatoms. The highest BCUT2D eigenvalue weighted by Gasteiger charge is 2.19. The van der Waals surface area contributed by atoms with Gasteiger partial charge in [0.1, 0.15) is 5.75 Å². The Morgan fingerprint density at radius 2 is 1.40 bits per heavy atom. The number of anilines is 1. The molecule has 0 heterocycles. The van der Waals surface area contributed by atoms with Crippen LogP contribution in [0.4, 0.5) is 5.69 Å². The first-order valence-electron chi connectivity index (χ1n) is 11.5. The van der Waals surface area contributed by atoms with E-state index in [1.807, 2.05) is 91.0 Å². The standard InChI is InChI=1S/C30H28N2O3/c1-35-28-17-9-15-26(20-28)30(34)32(22-24-12-6-3-7-13-24)27-16-8-14-25(18-27)19-29(33)31-21-23-10-4-2-5-11-23/h2-18,20H,19,21-22H2,1H3,(H,31,33). The quantitative estimate of drug-likeness (QED) is 0.361. The zero-order chi connectivity index (χ0) is 24.5. The summed E-state index contributed by atoms with van der Waals surface area (Å²) in [5.74, 6) is 0.414. The number of carbonyl (C=O) groups is 2. The molecule has 0 atom stereocenters. The summed E-state index contributed by atoms with van der Waals surface area (Å²) in [5.41, 5.74) is 4.16. The minimum Gasteiger partial charge on any atom is -0.497 e.